The van der Waals surface area contributed by atoms with Crippen LogP contribution in [0, 0.1) is 0 Å². The van der Waals surface area contributed by atoms with Crippen molar-refractivity contribution in [1.29, 1.82) is 0 Å². The third-order valence-corrected chi connectivity index (χ3v) is 6.31. The summed E-state index contributed by atoms with van der Waals surface area (Å²) in [5.41, 5.74) is 2.16. The monoisotopic (exact) mass is 235 g/mol. The van der Waals surface area contributed by atoms with Gasteiger partial charge in [-0.15, -0.1) is 0 Å². The lowest BCUT2D eigenvalue weighted by molar-refractivity contribution is 0.259. The molecule has 0 aliphatic rings. The van der Waals surface area contributed by atoms with Crippen LogP contribution in [0.1, 0.15) is 19.4 Å². The Morgan fingerprint density at radius 3 is 2.12 bits per heavy atom. The zero-order chi connectivity index (χ0) is 12.2. The van der Waals surface area contributed by atoms with Gasteiger partial charge in [0, 0.05) is 12.2 Å². The van der Waals surface area contributed by atoms with Gasteiger partial charge in [-0.2, -0.15) is 0 Å². The van der Waals surface area contributed by atoms with E-state index in [1.165, 1.54) is 5.56 Å². The van der Waals surface area contributed by atoms with E-state index in [-0.39, 0.29) is 0 Å². The van der Waals surface area contributed by atoms with Crippen LogP contribution in [-0.2, 0) is 6.54 Å². The van der Waals surface area contributed by atoms with Gasteiger partial charge in [0.2, 0.25) is 0 Å². The van der Waals surface area contributed by atoms with Crippen molar-refractivity contribution in [1.82, 2.24) is 4.90 Å². The van der Waals surface area contributed by atoms with Crippen molar-refractivity contribution in [3.8, 4) is 0 Å². The Balaban J connectivity index is 2.70. The summed E-state index contributed by atoms with van der Waals surface area (Å²) in [6.07, 6.45) is 0. The van der Waals surface area contributed by atoms with Gasteiger partial charge in [-0.05, 0) is 12.1 Å². The van der Waals surface area contributed by atoms with Crippen molar-refractivity contribution in [2.24, 2.45) is 0 Å². The molecule has 0 aromatic heterocycles. The summed E-state index contributed by atoms with van der Waals surface area (Å²) in [6, 6.07) is 10.8. The molecule has 0 aliphatic carbocycles. The van der Waals surface area contributed by atoms with Crippen molar-refractivity contribution in [2.45, 2.75) is 45.7 Å². The van der Waals surface area contributed by atoms with Gasteiger partial charge in [0.1, 0.15) is 0 Å². The second-order valence-electron chi connectivity index (χ2n) is 5.59. The Bertz CT molecular complexity index is 302. The Kier molecular flexibility index (Phi) is 4.75. The van der Waals surface area contributed by atoms with E-state index in [1.807, 2.05) is 0 Å². The second-order valence-corrected chi connectivity index (χ2v) is 11.2. The van der Waals surface area contributed by atoms with Crippen molar-refractivity contribution >= 4 is 8.07 Å². The van der Waals surface area contributed by atoms with Crippen LogP contribution in [0.3, 0.4) is 0 Å². The maximum absolute atomic E-state index is 2.60. The summed E-state index contributed by atoms with van der Waals surface area (Å²) < 4.78 is 0. The maximum Gasteiger partial charge on any atom is 0.0635 e. The highest BCUT2D eigenvalue weighted by molar-refractivity contribution is 6.77. The highest BCUT2D eigenvalue weighted by Crippen LogP contribution is 2.16. The Labute approximate surface area is 101 Å². The predicted molar refractivity (Wildman–Crippen MR) is 75.3 cm³/mol. The van der Waals surface area contributed by atoms with Gasteiger partial charge in [-0.25, -0.2) is 0 Å². The first kappa shape index (κ1) is 13.5. The molecule has 0 radical (unpaired) electrons. The van der Waals surface area contributed by atoms with Gasteiger partial charge >= 0.3 is 0 Å². The minimum absolute atomic E-state index is 0.734. The predicted octanol–water partition coefficient (Wildman–Crippen LogP) is 3.77. The molecule has 0 saturated carbocycles. The quantitative estimate of drug-likeness (QED) is 0.702. The molecule has 2 heteroatoms. The van der Waals surface area contributed by atoms with Crippen LogP contribution in [0.4, 0.5) is 0 Å². The fourth-order valence-corrected chi connectivity index (χ4v) is 3.26. The fraction of sp³-hybridized carbons (Fsp3) is 0.571. The molecule has 0 aliphatic heterocycles. The van der Waals surface area contributed by atoms with E-state index in [0.717, 1.165) is 18.8 Å². The zero-order valence-corrected chi connectivity index (χ0v) is 12.3. The molecule has 0 fully saturated rings. The molecule has 1 aromatic rings. The van der Waals surface area contributed by atoms with Gasteiger partial charge in [0.15, 0.2) is 0 Å². The minimum Gasteiger partial charge on any atom is -0.299 e. The summed E-state index contributed by atoms with van der Waals surface area (Å²) in [4.78, 5) is 2.60. The van der Waals surface area contributed by atoms with Crippen molar-refractivity contribution < 1.29 is 0 Å². The Hall–Kier alpha value is -0.603. The second kappa shape index (κ2) is 5.64. The average molecular weight is 235 g/mol. The molecule has 1 unspecified atom stereocenters. The minimum atomic E-state index is -1.07. The van der Waals surface area contributed by atoms with E-state index < -0.39 is 8.07 Å². The van der Waals surface area contributed by atoms with E-state index >= 15 is 0 Å². The lowest BCUT2D eigenvalue weighted by Crippen LogP contribution is -2.48. The molecule has 0 heterocycles. The summed E-state index contributed by atoms with van der Waals surface area (Å²) in [5, 5.41) is 0. The Morgan fingerprint density at radius 1 is 1.12 bits per heavy atom. The van der Waals surface area contributed by atoms with E-state index in [4.69, 9.17) is 0 Å². The van der Waals surface area contributed by atoms with E-state index in [0.29, 0.717) is 0 Å². The molecular formula is C14H25NSi. The summed E-state index contributed by atoms with van der Waals surface area (Å²) in [5.74, 6) is 0. The number of hydrogen-bond donors (Lipinski definition) is 0. The van der Waals surface area contributed by atoms with Gasteiger partial charge < -0.3 is 0 Å². The maximum atomic E-state index is 2.60. The fourth-order valence-electron chi connectivity index (χ4n) is 1.89. The number of benzene rings is 1. The average Bonchev–Trinajstić information content (AvgIpc) is 2.25. The Morgan fingerprint density at radius 2 is 1.69 bits per heavy atom. The third-order valence-electron chi connectivity index (χ3n) is 3.44. The first-order valence-electron chi connectivity index (χ1n) is 6.23. The largest absolute Gasteiger partial charge is 0.299 e. The van der Waals surface area contributed by atoms with Gasteiger partial charge in [-0.1, -0.05) is 63.8 Å². The van der Waals surface area contributed by atoms with Gasteiger partial charge in [-0.3, -0.25) is 4.90 Å². The summed E-state index contributed by atoms with van der Waals surface area (Å²) >= 11 is 0. The van der Waals surface area contributed by atoms with E-state index in [9.17, 15) is 0 Å². The summed E-state index contributed by atoms with van der Waals surface area (Å²) in [6.45, 7) is 14.2. The normalized spacial score (nSPS) is 14.1. The van der Waals surface area contributed by atoms with Crippen LogP contribution in [0.5, 0.6) is 0 Å². The molecule has 0 amide bonds. The lowest BCUT2D eigenvalue weighted by atomic mass is 10.2. The smallest absolute Gasteiger partial charge is 0.0635 e. The molecule has 0 N–H and O–H groups in total. The molecule has 90 valence electrons. The van der Waals surface area contributed by atoms with Gasteiger partial charge in [0.25, 0.3) is 0 Å². The van der Waals surface area contributed by atoms with Crippen LogP contribution < -0.4 is 0 Å². The standard InChI is InChI=1S/C14H25NSi/c1-6-15(13(2)16(3,4)5)12-14-10-8-7-9-11-14/h7-11,13H,6,12H2,1-5H3. The highest BCUT2D eigenvalue weighted by Gasteiger charge is 2.26. The molecule has 1 rings (SSSR count). The molecule has 1 nitrogen and oxygen atoms in total. The van der Waals surface area contributed by atoms with Crippen LogP contribution in [0.25, 0.3) is 0 Å². The molecule has 1 aromatic carbocycles. The number of nitrogens with zero attached hydrogens (tertiary/aromatic N) is 1. The first-order valence-corrected chi connectivity index (χ1v) is 9.81. The summed E-state index contributed by atoms with van der Waals surface area (Å²) in [7, 11) is -1.07. The third kappa shape index (κ3) is 3.76. The van der Waals surface area contributed by atoms with E-state index in [2.05, 4.69) is 68.7 Å². The van der Waals surface area contributed by atoms with Crippen molar-refractivity contribution in [3.63, 3.8) is 0 Å². The molecule has 0 saturated heterocycles. The van der Waals surface area contributed by atoms with Crippen LogP contribution in [0.15, 0.2) is 30.3 Å². The first-order chi connectivity index (χ1) is 7.45. The topological polar surface area (TPSA) is 3.24 Å². The highest BCUT2D eigenvalue weighted by atomic mass is 28.3. The van der Waals surface area contributed by atoms with Crippen LogP contribution in [0.2, 0.25) is 19.6 Å². The van der Waals surface area contributed by atoms with Crippen LogP contribution in [-0.4, -0.2) is 25.2 Å². The molecule has 0 spiro atoms. The van der Waals surface area contributed by atoms with Crippen molar-refractivity contribution in [2.75, 3.05) is 6.54 Å². The number of hydrogen-bond acceptors (Lipinski definition) is 1. The van der Waals surface area contributed by atoms with Gasteiger partial charge in [0.05, 0.1) is 8.07 Å². The number of rotatable bonds is 5. The molecule has 1 atom stereocenters. The van der Waals surface area contributed by atoms with Crippen molar-refractivity contribution in [3.05, 3.63) is 35.9 Å². The lowest BCUT2D eigenvalue weighted by Gasteiger charge is -2.36. The van der Waals surface area contributed by atoms with E-state index in [1.54, 1.807) is 0 Å². The molecule has 16 heavy (non-hydrogen) atoms. The zero-order valence-electron chi connectivity index (χ0n) is 11.3. The molecule has 0 bridgehead atoms. The van der Waals surface area contributed by atoms with Crippen LogP contribution >= 0.6 is 0 Å². The molecular weight excluding hydrogens is 210 g/mol. The SMILES string of the molecule is CCN(Cc1ccccc1)C(C)[Si](C)(C)C.